The van der Waals surface area contributed by atoms with Crippen LogP contribution >= 0.6 is 11.3 Å². The first-order chi connectivity index (χ1) is 28.0. The zero-order valence-electron chi connectivity index (χ0n) is 31.1. The number of hydrogen-bond acceptors (Lipinski definition) is 9. The number of alkyl halides is 6. The summed E-state index contributed by atoms with van der Waals surface area (Å²) in [5.41, 5.74) is -4.43. The van der Waals surface area contributed by atoms with Gasteiger partial charge in [0.1, 0.15) is 35.4 Å². The van der Waals surface area contributed by atoms with E-state index in [1.807, 2.05) is 0 Å². The van der Waals surface area contributed by atoms with Crippen LogP contribution in [-0.4, -0.2) is 81.8 Å². The Kier molecular flexibility index (Phi) is 10.7. The Bertz CT molecular complexity index is 2430. The van der Waals surface area contributed by atoms with Gasteiger partial charge in [-0.1, -0.05) is 17.4 Å². The zero-order valence-corrected chi connectivity index (χ0v) is 31.9. The molecular formula is C39H34F9N7O3S. The number of fused-ring (bicyclic) bond motifs is 2. The van der Waals surface area contributed by atoms with Gasteiger partial charge >= 0.3 is 0 Å². The molecule has 59 heavy (non-hydrogen) atoms. The number of nitrogens with one attached hydrogen (secondary N) is 1. The van der Waals surface area contributed by atoms with Crippen LogP contribution in [0.3, 0.4) is 0 Å². The molecule has 0 unspecified atom stereocenters. The van der Waals surface area contributed by atoms with Crippen LogP contribution in [0.25, 0.3) is 21.5 Å². The molecule has 2 aliphatic heterocycles. The van der Waals surface area contributed by atoms with Crippen LogP contribution in [0.2, 0.25) is 0 Å². The summed E-state index contributed by atoms with van der Waals surface area (Å²) in [5.74, 6) is -12.7. The molecule has 2 aromatic carbocycles. The van der Waals surface area contributed by atoms with Crippen molar-refractivity contribution in [2.45, 2.75) is 63.1 Å². The summed E-state index contributed by atoms with van der Waals surface area (Å²) in [6.07, 6.45) is -6.91. The number of benzene rings is 2. The molecule has 5 aromatic rings. The van der Waals surface area contributed by atoms with Crippen molar-refractivity contribution >= 4 is 38.5 Å². The van der Waals surface area contributed by atoms with Crippen LogP contribution in [0.15, 0.2) is 42.5 Å². The maximum absolute atomic E-state index is 15.2. The molecule has 0 saturated carbocycles. The largest absolute Gasteiger partial charge is 0.378 e. The topological polar surface area (TPSA) is 105 Å². The summed E-state index contributed by atoms with van der Waals surface area (Å²) >= 11 is 1.29. The van der Waals surface area contributed by atoms with Gasteiger partial charge < -0.3 is 15.0 Å². The van der Waals surface area contributed by atoms with Crippen molar-refractivity contribution in [3.05, 3.63) is 93.7 Å². The number of carbonyl (C=O) groups excluding carboxylic acids is 2. The fourth-order valence-corrected chi connectivity index (χ4v) is 8.77. The smallest absolute Gasteiger partial charge is 0.290 e. The summed E-state index contributed by atoms with van der Waals surface area (Å²) in [4.78, 5) is 40.3. The van der Waals surface area contributed by atoms with Gasteiger partial charge in [0.15, 0.2) is 16.6 Å². The first-order valence-corrected chi connectivity index (χ1v) is 19.4. The molecule has 2 fully saturated rings. The van der Waals surface area contributed by atoms with Gasteiger partial charge in [0.25, 0.3) is 18.3 Å². The monoisotopic (exact) mass is 851 g/mol. The molecular weight excluding hydrogens is 818 g/mol. The fraction of sp³-hybridized carbons (Fsp3) is 0.410. The van der Waals surface area contributed by atoms with E-state index < -0.39 is 96.2 Å². The number of piperazine rings is 1. The standard InChI is InChI=1S/C39H34F9N7O3S/c1-19(56)25-13-21(2-3-27(25)42)26-15-29-36(51-37(59-29)54-8-6-53(7-9-54)24-17-58-18-24)50-32(26)28(12-20-10-22(40)14-23(41)11-20)49-30(57)16-55-34-31(33(52-55)35(43)44)38(45,46)4-5-39(34,47)48/h2-3,10-11,13-15,24,28,35H,4-9,12,16-18H2,1H3,(H,49,57)/t28-/m0/s1. The summed E-state index contributed by atoms with van der Waals surface area (Å²) in [7, 11) is 0. The Labute approximate surface area is 334 Å². The zero-order chi connectivity index (χ0) is 42.0. The van der Waals surface area contributed by atoms with E-state index in [9.17, 15) is 40.3 Å². The Morgan fingerprint density at radius 3 is 2.25 bits per heavy atom. The van der Waals surface area contributed by atoms with Crippen LogP contribution < -0.4 is 10.2 Å². The molecule has 312 valence electrons. The van der Waals surface area contributed by atoms with Gasteiger partial charge in [0.2, 0.25) is 5.91 Å². The molecule has 1 atom stereocenters. The second kappa shape index (κ2) is 15.5. The highest BCUT2D eigenvalue weighted by molar-refractivity contribution is 7.22. The van der Waals surface area contributed by atoms with Crippen molar-refractivity contribution in [2.75, 3.05) is 44.3 Å². The molecule has 3 aliphatic rings. The van der Waals surface area contributed by atoms with Gasteiger partial charge in [0, 0.05) is 50.7 Å². The maximum Gasteiger partial charge on any atom is 0.290 e. The molecule has 5 heterocycles. The minimum atomic E-state index is -4.09. The Hall–Kier alpha value is -5.08. The van der Waals surface area contributed by atoms with Crippen molar-refractivity contribution in [2.24, 2.45) is 0 Å². The van der Waals surface area contributed by atoms with E-state index in [0.29, 0.717) is 48.2 Å². The van der Waals surface area contributed by atoms with Gasteiger partial charge in [-0.05, 0) is 54.8 Å². The number of amides is 1. The molecule has 0 spiro atoms. The number of carbonyl (C=O) groups is 2. The quantitative estimate of drug-likeness (QED) is 0.107. The van der Waals surface area contributed by atoms with Gasteiger partial charge in [-0.3, -0.25) is 19.2 Å². The minimum Gasteiger partial charge on any atom is -0.378 e. The highest BCUT2D eigenvalue weighted by Crippen LogP contribution is 2.52. The lowest BCUT2D eigenvalue weighted by Crippen LogP contribution is -2.56. The van der Waals surface area contributed by atoms with Crippen LogP contribution in [0.4, 0.5) is 44.6 Å². The number of hydrogen-bond donors (Lipinski definition) is 1. The number of thiazole rings is 1. The number of pyridine rings is 1. The summed E-state index contributed by atoms with van der Waals surface area (Å²) < 4.78 is 138. The van der Waals surface area contributed by atoms with E-state index in [1.54, 1.807) is 6.07 Å². The van der Waals surface area contributed by atoms with E-state index in [4.69, 9.17) is 14.7 Å². The molecule has 1 aliphatic carbocycles. The van der Waals surface area contributed by atoms with Crippen molar-refractivity contribution in [1.29, 1.82) is 0 Å². The second-order valence-corrected chi connectivity index (χ2v) is 15.8. The van der Waals surface area contributed by atoms with E-state index >= 15 is 8.78 Å². The molecule has 1 amide bonds. The van der Waals surface area contributed by atoms with Crippen molar-refractivity contribution in [3.8, 4) is 11.1 Å². The number of halogens is 9. The lowest BCUT2D eigenvalue weighted by Gasteiger charge is -2.42. The molecule has 20 heteroatoms. The second-order valence-electron chi connectivity index (χ2n) is 14.8. The number of ether oxygens (including phenoxy) is 1. The number of aromatic nitrogens is 4. The van der Waals surface area contributed by atoms with Crippen molar-refractivity contribution < 1.29 is 53.8 Å². The van der Waals surface area contributed by atoms with Crippen LogP contribution in [-0.2, 0) is 34.3 Å². The maximum atomic E-state index is 15.2. The number of nitrogens with zero attached hydrogens (tertiary/aromatic N) is 6. The third kappa shape index (κ3) is 8.01. The van der Waals surface area contributed by atoms with Crippen LogP contribution in [0.1, 0.15) is 70.8 Å². The minimum absolute atomic E-state index is 0.0134. The number of rotatable bonds is 11. The molecule has 2 saturated heterocycles. The first kappa shape index (κ1) is 40.7. The average molecular weight is 852 g/mol. The molecule has 8 rings (SSSR count). The third-order valence-corrected chi connectivity index (χ3v) is 11.8. The lowest BCUT2D eigenvalue weighted by atomic mass is 9.89. The van der Waals surface area contributed by atoms with E-state index in [0.717, 1.165) is 38.2 Å². The lowest BCUT2D eigenvalue weighted by molar-refractivity contribution is -0.123. The molecule has 10 nitrogen and oxygen atoms in total. The summed E-state index contributed by atoms with van der Waals surface area (Å²) in [6.45, 7) is 4.01. The third-order valence-electron chi connectivity index (χ3n) is 10.8. The van der Waals surface area contributed by atoms with Crippen LogP contribution in [0.5, 0.6) is 0 Å². The van der Waals surface area contributed by atoms with E-state index in [1.165, 1.54) is 23.5 Å². The number of ketones is 1. The molecule has 0 radical (unpaired) electrons. The van der Waals surface area contributed by atoms with Gasteiger partial charge in [0.05, 0.1) is 46.8 Å². The van der Waals surface area contributed by atoms with Gasteiger partial charge in [-0.15, -0.1) is 0 Å². The Morgan fingerprint density at radius 1 is 0.915 bits per heavy atom. The average Bonchev–Trinajstić information content (AvgIpc) is 3.75. The highest BCUT2D eigenvalue weighted by Gasteiger charge is 2.55. The Morgan fingerprint density at radius 2 is 1.61 bits per heavy atom. The Balaban J connectivity index is 1.22. The fourth-order valence-electron chi connectivity index (χ4n) is 7.77. The highest BCUT2D eigenvalue weighted by atomic mass is 32.1. The predicted octanol–water partition coefficient (Wildman–Crippen LogP) is 7.71. The van der Waals surface area contributed by atoms with Gasteiger partial charge in [-0.25, -0.2) is 35.7 Å². The van der Waals surface area contributed by atoms with Crippen molar-refractivity contribution in [1.82, 2.24) is 30.0 Å². The normalized spacial score (nSPS) is 18.5. The predicted molar refractivity (Wildman–Crippen MR) is 196 cm³/mol. The first-order valence-electron chi connectivity index (χ1n) is 18.6. The molecule has 3 aromatic heterocycles. The molecule has 0 bridgehead atoms. The van der Waals surface area contributed by atoms with E-state index in [-0.39, 0.29) is 38.3 Å². The SMILES string of the molecule is CC(=O)c1cc(-c2cc3sc(N4CCN(C5COC5)CC4)nc3nc2[C@H](Cc2cc(F)cc(F)c2)NC(=O)Cn2nc(C(F)F)c3c2C(F)(F)CCC3(F)F)ccc1F. The van der Waals surface area contributed by atoms with Crippen molar-refractivity contribution in [3.63, 3.8) is 0 Å². The number of Topliss-reactive ketones (excluding diaryl/α,β-unsaturated/α-hetero) is 1. The summed E-state index contributed by atoms with van der Waals surface area (Å²) in [6, 6.07) is 6.81. The van der Waals surface area contributed by atoms with E-state index in [2.05, 4.69) is 20.2 Å². The van der Waals surface area contributed by atoms with Gasteiger partial charge in [-0.2, -0.15) is 18.9 Å². The number of anilines is 1. The molecule has 1 N–H and O–H groups in total. The van der Waals surface area contributed by atoms with Crippen LogP contribution in [0, 0.1) is 17.5 Å². The summed E-state index contributed by atoms with van der Waals surface area (Å²) in [5, 5.41) is 6.53.